The molecule has 0 unspecified atom stereocenters. The first kappa shape index (κ1) is 15.5. The van der Waals surface area contributed by atoms with Gasteiger partial charge in [-0.05, 0) is 25.1 Å². The van der Waals surface area contributed by atoms with Crippen LogP contribution in [-0.2, 0) is 13.6 Å². The monoisotopic (exact) mass is 244 g/mol. The largest absolute Gasteiger partial charge is 0.353 e. The maximum atomic E-state index is 3.48. The predicted octanol–water partition coefficient (Wildman–Crippen LogP) is 3.51. The van der Waals surface area contributed by atoms with Gasteiger partial charge < -0.3 is 9.88 Å². The maximum absolute atomic E-state index is 3.48. The normalized spacial score (nSPS) is 10.1. The first-order chi connectivity index (χ1) is 7.34. The highest BCUT2D eigenvalue weighted by molar-refractivity contribution is 5.85. The molecule has 0 spiro atoms. The smallest absolute Gasteiger partial charge is 0.0359 e. The molecule has 0 saturated heterocycles. The topological polar surface area (TPSA) is 17.0 Å². The van der Waals surface area contributed by atoms with E-state index < -0.39 is 0 Å². The molecule has 1 aromatic heterocycles. The number of nitrogens with zero attached hydrogens (tertiary/aromatic N) is 1. The van der Waals surface area contributed by atoms with Gasteiger partial charge in [-0.1, -0.05) is 32.6 Å². The highest BCUT2D eigenvalue weighted by atomic mass is 35.5. The second-order valence-electron chi connectivity index (χ2n) is 4.20. The summed E-state index contributed by atoms with van der Waals surface area (Å²) in [5.41, 5.74) is 1.36. The molecular weight excluding hydrogens is 220 g/mol. The molecular formula is C13H25ClN2. The Kier molecular flexibility index (Phi) is 9.45. The van der Waals surface area contributed by atoms with Crippen LogP contribution in [-0.4, -0.2) is 11.1 Å². The zero-order valence-corrected chi connectivity index (χ0v) is 11.4. The van der Waals surface area contributed by atoms with Crippen LogP contribution in [0.1, 0.15) is 44.7 Å². The Morgan fingerprint density at radius 3 is 2.56 bits per heavy atom. The molecule has 16 heavy (non-hydrogen) atoms. The van der Waals surface area contributed by atoms with Crippen molar-refractivity contribution in [3.05, 3.63) is 24.0 Å². The van der Waals surface area contributed by atoms with Crippen molar-refractivity contribution >= 4 is 12.4 Å². The van der Waals surface area contributed by atoms with Crippen LogP contribution < -0.4 is 5.32 Å². The summed E-state index contributed by atoms with van der Waals surface area (Å²) in [5.74, 6) is 0. The van der Waals surface area contributed by atoms with Crippen LogP contribution in [0, 0.1) is 0 Å². The molecule has 0 saturated carbocycles. The lowest BCUT2D eigenvalue weighted by Crippen LogP contribution is -2.16. The summed E-state index contributed by atoms with van der Waals surface area (Å²) in [6, 6.07) is 4.27. The van der Waals surface area contributed by atoms with Crippen LogP contribution in [0.5, 0.6) is 0 Å². The Labute approximate surface area is 106 Å². The third-order valence-electron chi connectivity index (χ3n) is 2.81. The minimum Gasteiger partial charge on any atom is -0.353 e. The summed E-state index contributed by atoms with van der Waals surface area (Å²) in [6.45, 7) is 4.40. The van der Waals surface area contributed by atoms with Gasteiger partial charge in [-0.15, -0.1) is 12.4 Å². The summed E-state index contributed by atoms with van der Waals surface area (Å²) >= 11 is 0. The van der Waals surface area contributed by atoms with Crippen molar-refractivity contribution in [3.63, 3.8) is 0 Å². The summed E-state index contributed by atoms with van der Waals surface area (Å²) in [5, 5.41) is 3.48. The molecule has 94 valence electrons. The lowest BCUT2D eigenvalue weighted by Gasteiger charge is -2.05. The van der Waals surface area contributed by atoms with E-state index in [0.29, 0.717) is 0 Å². The number of hydrogen-bond acceptors (Lipinski definition) is 1. The first-order valence-electron chi connectivity index (χ1n) is 6.15. The number of halogens is 1. The Hall–Kier alpha value is -0.470. The van der Waals surface area contributed by atoms with Crippen molar-refractivity contribution in [1.82, 2.24) is 9.88 Å². The van der Waals surface area contributed by atoms with Crippen LogP contribution in [0.25, 0.3) is 0 Å². The van der Waals surface area contributed by atoms with E-state index in [0.717, 1.165) is 13.1 Å². The van der Waals surface area contributed by atoms with E-state index in [1.807, 2.05) is 0 Å². The number of aryl methyl sites for hydroxylation is 1. The Morgan fingerprint density at radius 1 is 1.19 bits per heavy atom. The van der Waals surface area contributed by atoms with E-state index in [1.165, 1.54) is 37.8 Å². The van der Waals surface area contributed by atoms with Crippen LogP contribution >= 0.6 is 12.4 Å². The standard InChI is InChI=1S/C13H24N2.ClH/c1-3-4-5-6-7-10-14-12-13-9-8-11-15(13)2;/h8-9,11,14H,3-7,10,12H2,1-2H3;1H. The van der Waals surface area contributed by atoms with E-state index in [4.69, 9.17) is 0 Å². The molecule has 0 aliphatic rings. The van der Waals surface area contributed by atoms with Gasteiger partial charge >= 0.3 is 0 Å². The van der Waals surface area contributed by atoms with E-state index in [2.05, 4.69) is 42.2 Å². The van der Waals surface area contributed by atoms with Crippen LogP contribution in [0.2, 0.25) is 0 Å². The summed E-state index contributed by atoms with van der Waals surface area (Å²) in [6.07, 6.45) is 8.88. The zero-order chi connectivity index (χ0) is 10.9. The van der Waals surface area contributed by atoms with E-state index >= 15 is 0 Å². The van der Waals surface area contributed by atoms with Crippen molar-refractivity contribution in [3.8, 4) is 0 Å². The third-order valence-corrected chi connectivity index (χ3v) is 2.81. The van der Waals surface area contributed by atoms with E-state index in [-0.39, 0.29) is 12.4 Å². The molecule has 0 aliphatic heterocycles. The Bertz CT molecular complexity index is 258. The molecule has 1 rings (SSSR count). The molecule has 0 aliphatic carbocycles. The van der Waals surface area contributed by atoms with Crippen molar-refractivity contribution in [1.29, 1.82) is 0 Å². The molecule has 2 nitrogen and oxygen atoms in total. The van der Waals surface area contributed by atoms with Gasteiger partial charge in [0.1, 0.15) is 0 Å². The van der Waals surface area contributed by atoms with Gasteiger partial charge in [0.05, 0.1) is 0 Å². The molecule has 3 heteroatoms. The number of unbranched alkanes of at least 4 members (excludes halogenated alkanes) is 4. The van der Waals surface area contributed by atoms with Crippen molar-refractivity contribution in [2.45, 2.75) is 45.6 Å². The molecule has 0 bridgehead atoms. The van der Waals surface area contributed by atoms with Crippen LogP contribution in [0.3, 0.4) is 0 Å². The van der Waals surface area contributed by atoms with Gasteiger partial charge in [0.25, 0.3) is 0 Å². The van der Waals surface area contributed by atoms with Gasteiger partial charge in [-0.25, -0.2) is 0 Å². The average molecular weight is 245 g/mol. The van der Waals surface area contributed by atoms with Crippen molar-refractivity contribution < 1.29 is 0 Å². The number of rotatable bonds is 8. The molecule has 0 amide bonds. The van der Waals surface area contributed by atoms with Crippen LogP contribution in [0.15, 0.2) is 18.3 Å². The summed E-state index contributed by atoms with van der Waals surface area (Å²) in [4.78, 5) is 0. The third kappa shape index (κ3) is 6.19. The lowest BCUT2D eigenvalue weighted by atomic mass is 10.1. The SMILES string of the molecule is CCCCCCCNCc1cccn1C.Cl. The first-order valence-corrected chi connectivity index (χ1v) is 6.15. The molecule has 1 N–H and O–H groups in total. The minimum absolute atomic E-state index is 0. The van der Waals surface area contributed by atoms with Gasteiger partial charge in [-0.2, -0.15) is 0 Å². The Balaban J connectivity index is 0.00000225. The highest BCUT2D eigenvalue weighted by Crippen LogP contribution is 2.02. The van der Waals surface area contributed by atoms with E-state index in [1.54, 1.807) is 0 Å². The fourth-order valence-corrected chi connectivity index (χ4v) is 1.75. The molecule has 0 radical (unpaired) electrons. The lowest BCUT2D eigenvalue weighted by molar-refractivity contribution is 0.574. The molecule has 1 heterocycles. The van der Waals surface area contributed by atoms with Gasteiger partial charge in [-0.3, -0.25) is 0 Å². The van der Waals surface area contributed by atoms with Gasteiger partial charge in [0.2, 0.25) is 0 Å². The number of aromatic nitrogens is 1. The van der Waals surface area contributed by atoms with Gasteiger partial charge in [0, 0.05) is 25.5 Å². The van der Waals surface area contributed by atoms with Crippen molar-refractivity contribution in [2.24, 2.45) is 7.05 Å². The number of nitrogens with one attached hydrogen (secondary N) is 1. The zero-order valence-electron chi connectivity index (χ0n) is 10.5. The summed E-state index contributed by atoms with van der Waals surface area (Å²) < 4.78 is 2.17. The molecule has 0 aromatic carbocycles. The predicted molar refractivity (Wildman–Crippen MR) is 73.1 cm³/mol. The molecule has 0 atom stereocenters. The maximum Gasteiger partial charge on any atom is 0.0359 e. The molecule has 0 fully saturated rings. The van der Waals surface area contributed by atoms with Crippen LogP contribution in [0.4, 0.5) is 0 Å². The molecule has 1 aromatic rings. The average Bonchev–Trinajstić information content (AvgIpc) is 2.63. The summed E-state index contributed by atoms with van der Waals surface area (Å²) in [7, 11) is 2.10. The second kappa shape index (κ2) is 9.73. The van der Waals surface area contributed by atoms with Crippen molar-refractivity contribution in [2.75, 3.05) is 6.54 Å². The fraction of sp³-hybridized carbons (Fsp3) is 0.692. The Morgan fingerprint density at radius 2 is 1.94 bits per heavy atom. The quantitative estimate of drug-likeness (QED) is 0.693. The van der Waals surface area contributed by atoms with E-state index in [9.17, 15) is 0 Å². The van der Waals surface area contributed by atoms with Gasteiger partial charge in [0.15, 0.2) is 0 Å². The minimum atomic E-state index is 0. The highest BCUT2D eigenvalue weighted by Gasteiger charge is 1.95. The second-order valence-corrected chi connectivity index (χ2v) is 4.20. The fourth-order valence-electron chi connectivity index (χ4n) is 1.75. The number of hydrogen-bond donors (Lipinski definition) is 1.